The summed E-state index contributed by atoms with van der Waals surface area (Å²) in [5.41, 5.74) is 0. The van der Waals surface area contributed by atoms with Crippen molar-refractivity contribution < 1.29 is 14.3 Å². The van der Waals surface area contributed by atoms with Crippen LogP contribution in [0, 0.1) is 5.92 Å². The topological polar surface area (TPSA) is 59.6 Å². The molecule has 1 amide bonds. The van der Waals surface area contributed by atoms with Crippen molar-refractivity contribution in [2.45, 2.75) is 32.2 Å². The number of hydrogen-bond acceptors (Lipinski definition) is 4. The number of carbonyl (C=O) groups excluding carboxylic acids is 1. The van der Waals surface area contributed by atoms with Gasteiger partial charge in [0.05, 0.1) is 12.6 Å². The third-order valence-corrected chi connectivity index (χ3v) is 3.19. The molecule has 1 saturated heterocycles. The average Bonchev–Trinajstić information content (AvgIpc) is 2.42. The molecule has 0 aromatic carbocycles. The summed E-state index contributed by atoms with van der Waals surface area (Å²) in [7, 11) is 1.66. The zero-order valence-corrected chi connectivity index (χ0v) is 11.5. The maximum absolute atomic E-state index is 11.7. The molecule has 0 saturated carbocycles. The zero-order chi connectivity index (χ0) is 13.2. The van der Waals surface area contributed by atoms with E-state index in [1.807, 2.05) is 6.92 Å². The minimum atomic E-state index is -0.144. The Morgan fingerprint density at radius 3 is 3.06 bits per heavy atom. The number of amides is 1. The lowest BCUT2D eigenvalue weighted by Crippen LogP contribution is -2.45. The number of carbonyl (C=O) groups is 1. The predicted octanol–water partition coefficient (Wildman–Crippen LogP) is 0.544. The first kappa shape index (κ1) is 15.4. The smallest absolute Gasteiger partial charge is 0.236 e. The quantitative estimate of drug-likeness (QED) is 0.624. The van der Waals surface area contributed by atoms with Crippen LogP contribution in [-0.4, -0.2) is 52.0 Å². The van der Waals surface area contributed by atoms with Crippen molar-refractivity contribution in [1.82, 2.24) is 10.6 Å². The maximum Gasteiger partial charge on any atom is 0.236 e. The SMILES string of the molecule is COCCCNC(=O)C(C)NCC1CCCOC1. The Morgan fingerprint density at radius 2 is 2.39 bits per heavy atom. The van der Waals surface area contributed by atoms with Gasteiger partial charge in [-0.2, -0.15) is 0 Å². The lowest BCUT2D eigenvalue weighted by molar-refractivity contribution is -0.122. The second-order valence-electron chi connectivity index (χ2n) is 4.85. The first-order valence-electron chi connectivity index (χ1n) is 6.81. The molecule has 2 N–H and O–H groups in total. The highest BCUT2D eigenvalue weighted by Crippen LogP contribution is 2.12. The third kappa shape index (κ3) is 6.33. The summed E-state index contributed by atoms with van der Waals surface area (Å²) in [6.07, 6.45) is 3.17. The van der Waals surface area contributed by atoms with E-state index in [2.05, 4.69) is 10.6 Å². The zero-order valence-electron chi connectivity index (χ0n) is 11.5. The molecule has 1 rings (SSSR count). The summed E-state index contributed by atoms with van der Waals surface area (Å²) >= 11 is 0. The molecule has 0 radical (unpaired) electrons. The molecule has 1 aliphatic rings. The van der Waals surface area contributed by atoms with Gasteiger partial charge in [0, 0.05) is 33.4 Å². The highest BCUT2D eigenvalue weighted by molar-refractivity contribution is 5.81. The largest absolute Gasteiger partial charge is 0.385 e. The third-order valence-electron chi connectivity index (χ3n) is 3.19. The fourth-order valence-electron chi connectivity index (χ4n) is 1.99. The van der Waals surface area contributed by atoms with E-state index in [4.69, 9.17) is 9.47 Å². The fraction of sp³-hybridized carbons (Fsp3) is 0.923. The van der Waals surface area contributed by atoms with Gasteiger partial charge in [0.15, 0.2) is 0 Å². The van der Waals surface area contributed by atoms with E-state index < -0.39 is 0 Å². The Hall–Kier alpha value is -0.650. The summed E-state index contributed by atoms with van der Waals surface area (Å²) in [6.45, 7) is 5.80. The predicted molar refractivity (Wildman–Crippen MR) is 70.5 cm³/mol. The van der Waals surface area contributed by atoms with Gasteiger partial charge in [0.25, 0.3) is 0 Å². The summed E-state index contributed by atoms with van der Waals surface area (Å²) in [6, 6.07) is -0.144. The van der Waals surface area contributed by atoms with Crippen molar-refractivity contribution in [3.63, 3.8) is 0 Å². The van der Waals surface area contributed by atoms with Crippen molar-refractivity contribution in [3.05, 3.63) is 0 Å². The lowest BCUT2D eigenvalue weighted by Gasteiger charge is -2.24. The average molecular weight is 258 g/mol. The number of nitrogens with one attached hydrogen (secondary N) is 2. The molecular weight excluding hydrogens is 232 g/mol. The van der Waals surface area contributed by atoms with Crippen molar-refractivity contribution in [2.75, 3.05) is 40.0 Å². The minimum absolute atomic E-state index is 0.0582. The van der Waals surface area contributed by atoms with Crippen molar-refractivity contribution >= 4 is 5.91 Å². The van der Waals surface area contributed by atoms with Crippen LogP contribution in [-0.2, 0) is 14.3 Å². The lowest BCUT2D eigenvalue weighted by atomic mass is 10.0. The standard InChI is InChI=1S/C13H26N2O3/c1-11(13(16)14-6-4-7-17-2)15-9-12-5-3-8-18-10-12/h11-12,15H,3-10H2,1-2H3,(H,14,16). The van der Waals surface area contributed by atoms with E-state index in [-0.39, 0.29) is 11.9 Å². The van der Waals surface area contributed by atoms with Crippen LogP contribution in [0.4, 0.5) is 0 Å². The molecule has 0 aromatic rings. The molecule has 2 atom stereocenters. The number of ether oxygens (including phenoxy) is 2. The molecule has 2 unspecified atom stereocenters. The minimum Gasteiger partial charge on any atom is -0.385 e. The van der Waals surface area contributed by atoms with Gasteiger partial charge in [0.2, 0.25) is 5.91 Å². The first-order valence-corrected chi connectivity index (χ1v) is 6.81. The van der Waals surface area contributed by atoms with Crippen LogP contribution in [0.25, 0.3) is 0 Å². The van der Waals surface area contributed by atoms with Gasteiger partial charge < -0.3 is 20.1 Å². The summed E-state index contributed by atoms with van der Waals surface area (Å²) in [5, 5.41) is 6.16. The fourth-order valence-corrected chi connectivity index (χ4v) is 1.99. The second-order valence-corrected chi connectivity index (χ2v) is 4.85. The van der Waals surface area contributed by atoms with Crippen LogP contribution in [0.5, 0.6) is 0 Å². The summed E-state index contributed by atoms with van der Waals surface area (Å²) in [5.74, 6) is 0.602. The van der Waals surface area contributed by atoms with Gasteiger partial charge in [0.1, 0.15) is 0 Å². The molecule has 0 aliphatic carbocycles. The van der Waals surface area contributed by atoms with E-state index in [9.17, 15) is 4.79 Å². The van der Waals surface area contributed by atoms with Crippen LogP contribution < -0.4 is 10.6 Å². The van der Waals surface area contributed by atoms with Crippen LogP contribution in [0.3, 0.4) is 0 Å². The summed E-state index contributed by atoms with van der Waals surface area (Å²) in [4.78, 5) is 11.7. The molecule has 5 heteroatoms. The Bertz CT molecular complexity index is 230. The van der Waals surface area contributed by atoms with Gasteiger partial charge in [-0.1, -0.05) is 0 Å². The molecule has 5 nitrogen and oxygen atoms in total. The van der Waals surface area contributed by atoms with Crippen molar-refractivity contribution in [3.8, 4) is 0 Å². The van der Waals surface area contributed by atoms with E-state index >= 15 is 0 Å². The molecule has 0 spiro atoms. The highest BCUT2D eigenvalue weighted by atomic mass is 16.5. The van der Waals surface area contributed by atoms with Gasteiger partial charge >= 0.3 is 0 Å². The molecule has 1 heterocycles. The molecule has 1 aliphatic heterocycles. The maximum atomic E-state index is 11.7. The van der Waals surface area contributed by atoms with E-state index in [0.29, 0.717) is 19.1 Å². The van der Waals surface area contributed by atoms with E-state index in [1.165, 1.54) is 6.42 Å². The Kier molecular flexibility index (Phi) is 7.96. The Labute approximate surface area is 110 Å². The van der Waals surface area contributed by atoms with Crippen LogP contribution in [0.1, 0.15) is 26.2 Å². The number of methoxy groups -OCH3 is 1. The molecule has 0 aromatic heterocycles. The van der Waals surface area contributed by atoms with Crippen LogP contribution in [0.2, 0.25) is 0 Å². The van der Waals surface area contributed by atoms with Crippen LogP contribution >= 0.6 is 0 Å². The molecular formula is C13H26N2O3. The number of hydrogen-bond donors (Lipinski definition) is 2. The molecule has 1 fully saturated rings. The van der Waals surface area contributed by atoms with Gasteiger partial charge in [-0.15, -0.1) is 0 Å². The van der Waals surface area contributed by atoms with E-state index in [0.717, 1.165) is 32.6 Å². The first-order chi connectivity index (χ1) is 8.74. The van der Waals surface area contributed by atoms with E-state index in [1.54, 1.807) is 7.11 Å². The molecule has 0 bridgehead atoms. The summed E-state index contributed by atoms with van der Waals surface area (Å²) < 4.78 is 10.3. The van der Waals surface area contributed by atoms with Gasteiger partial charge in [-0.25, -0.2) is 0 Å². The Morgan fingerprint density at radius 1 is 1.56 bits per heavy atom. The van der Waals surface area contributed by atoms with Crippen molar-refractivity contribution in [1.29, 1.82) is 0 Å². The van der Waals surface area contributed by atoms with Crippen LogP contribution in [0.15, 0.2) is 0 Å². The number of rotatable bonds is 8. The molecule has 106 valence electrons. The van der Waals surface area contributed by atoms with Gasteiger partial charge in [-0.3, -0.25) is 4.79 Å². The van der Waals surface area contributed by atoms with Gasteiger partial charge in [-0.05, 0) is 32.1 Å². The second kappa shape index (κ2) is 9.30. The highest BCUT2D eigenvalue weighted by Gasteiger charge is 2.17. The van der Waals surface area contributed by atoms with Crippen molar-refractivity contribution in [2.24, 2.45) is 5.92 Å². The normalized spacial score (nSPS) is 21.6. The Balaban J connectivity index is 2.07. The molecule has 18 heavy (non-hydrogen) atoms. The monoisotopic (exact) mass is 258 g/mol.